The summed E-state index contributed by atoms with van der Waals surface area (Å²) in [4.78, 5) is 17.8. The fourth-order valence-electron chi connectivity index (χ4n) is 3.74. The van der Waals surface area contributed by atoms with Crippen molar-refractivity contribution in [3.8, 4) is 6.07 Å². The predicted octanol–water partition coefficient (Wildman–Crippen LogP) is 3.54. The highest BCUT2D eigenvalue weighted by molar-refractivity contribution is 5.90. The lowest BCUT2D eigenvalue weighted by Crippen LogP contribution is -2.38. The molecule has 3 aromatic rings. The van der Waals surface area contributed by atoms with Crippen molar-refractivity contribution >= 4 is 17.6 Å². The Morgan fingerprint density at radius 1 is 1.19 bits per heavy atom. The number of nitriles is 1. The number of halogens is 3. The number of carboxylic acids is 1. The summed E-state index contributed by atoms with van der Waals surface area (Å²) in [6.07, 6.45) is -1.56. The molecule has 0 saturated heterocycles. The lowest BCUT2D eigenvalue weighted by atomic mass is 9.94. The number of anilines is 2. The maximum absolute atomic E-state index is 13.2. The van der Waals surface area contributed by atoms with Crippen molar-refractivity contribution in [1.82, 2.24) is 9.55 Å². The molecule has 0 spiro atoms. The van der Waals surface area contributed by atoms with E-state index in [9.17, 15) is 23.1 Å². The average Bonchev–Trinajstić information content (AvgIpc) is 3.21. The van der Waals surface area contributed by atoms with Crippen LogP contribution in [-0.4, -0.2) is 15.5 Å². The minimum absolute atomic E-state index is 0.118. The van der Waals surface area contributed by atoms with Crippen LogP contribution in [0.15, 0.2) is 72.2 Å². The highest BCUT2D eigenvalue weighted by Crippen LogP contribution is 2.43. The largest absolute Gasteiger partial charge is 0.545 e. The summed E-state index contributed by atoms with van der Waals surface area (Å²) in [7, 11) is 0. The number of hydrogen-bond acceptors (Lipinski definition) is 5. The zero-order valence-corrected chi connectivity index (χ0v) is 16.1. The molecule has 6 nitrogen and oxygen atoms in total. The standard InChI is InChI=1S/C22H15F3N4O2/c1-13-18(20(30)31)19(15-7-5-14(12-26)6-8-15)28-10-9-27-21(28)29(13)17-4-2-3-16(11-17)22(23,24)25/h2-11,19H,1H3,(H,30,31)/p-1. The number of nitrogens with zero attached hydrogens (tertiary/aromatic N) is 4. The lowest BCUT2D eigenvalue weighted by molar-refractivity contribution is -0.299. The van der Waals surface area contributed by atoms with E-state index in [2.05, 4.69) is 4.98 Å². The van der Waals surface area contributed by atoms with Crippen LogP contribution < -0.4 is 10.0 Å². The fourth-order valence-corrected chi connectivity index (χ4v) is 3.74. The van der Waals surface area contributed by atoms with Gasteiger partial charge in [-0.3, -0.25) is 4.90 Å². The van der Waals surface area contributed by atoms with Crippen molar-refractivity contribution in [1.29, 1.82) is 5.26 Å². The summed E-state index contributed by atoms with van der Waals surface area (Å²) in [6.45, 7) is 1.50. The number of rotatable bonds is 3. The Morgan fingerprint density at radius 3 is 2.52 bits per heavy atom. The molecule has 156 valence electrons. The predicted molar refractivity (Wildman–Crippen MR) is 103 cm³/mol. The van der Waals surface area contributed by atoms with Crippen LogP contribution in [0.4, 0.5) is 24.8 Å². The number of alkyl halides is 3. The van der Waals surface area contributed by atoms with Gasteiger partial charge in [0.2, 0.25) is 5.95 Å². The highest BCUT2D eigenvalue weighted by Gasteiger charge is 2.35. The zero-order chi connectivity index (χ0) is 22.3. The first-order valence-electron chi connectivity index (χ1n) is 9.14. The van der Waals surface area contributed by atoms with Crippen molar-refractivity contribution < 1.29 is 23.1 Å². The molecule has 1 unspecified atom stereocenters. The number of aromatic nitrogens is 2. The molecule has 0 amide bonds. The number of carboxylic acid groups (broad SMARTS) is 1. The smallest absolute Gasteiger partial charge is 0.416 e. The molecule has 0 fully saturated rings. The number of aliphatic carboxylic acids is 1. The van der Waals surface area contributed by atoms with Crippen molar-refractivity contribution in [3.63, 3.8) is 0 Å². The van der Waals surface area contributed by atoms with Crippen molar-refractivity contribution in [2.45, 2.75) is 19.1 Å². The third-order valence-electron chi connectivity index (χ3n) is 5.13. The van der Waals surface area contributed by atoms with Crippen molar-refractivity contribution in [2.24, 2.45) is 0 Å². The average molecular weight is 423 g/mol. The third-order valence-corrected chi connectivity index (χ3v) is 5.13. The number of benzene rings is 2. The third kappa shape index (κ3) is 3.42. The quantitative estimate of drug-likeness (QED) is 0.643. The van der Waals surface area contributed by atoms with Gasteiger partial charge in [-0.25, -0.2) is 4.98 Å². The molecule has 2 aromatic carbocycles. The van der Waals surface area contributed by atoms with Gasteiger partial charge in [-0.05, 0) is 42.8 Å². The number of fused-ring (bicyclic) bond motifs is 1. The van der Waals surface area contributed by atoms with E-state index >= 15 is 0 Å². The maximum atomic E-state index is 13.2. The monoisotopic (exact) mass is 423 g/mol. The Kier molecular flexibility index (Phi) is 4.78. The first-order valence-corrected chi connectivity index (χ1v) is 9.14. The van der Waals surface area contributed by atoms with E-state index in [1.807, 2.05) is 6.07 Å². The van der Waals surface area contributed by atoms with Gasteiger partial charge in [0.25, 0.3) is 0 Å². The van der Waals surface area contributed by atoms with Gasteiger partial charge in [0.1, 0.15) is 0 Å². The molecule has 9 heteroatoms. The molecular weight excluding hydrogens is 409 g/mol. The Balaban J connectivity index is 1.92. The highest BCUT2D eigenvalue weighted by atomic mass is 19.4. The second-order valence-corrected chi connectivity index (χ2v) is 6.94. The summed E-state index contributed by atoms with van der Waals surface area (Å²) >= 11 is 0. The summed E-state index contributed by atoms with van der Waals surface area (Å²) in [5.74, 6) is -1.20. The van der Waals surface area contributed by atoms with E-state index in [1.54, 1.807) is 35.0 Å². The number of carbonyl (C=O) groups is 1. The van der Waals surface area contributed by atoms with E-state index in [-0.39, 0.29) is 22.9 Å². The van der Waals surface area contributed by atoms with Gasteiger partial charge in [-0.1, -0.05) is 18.2 Å². The minimum atomic E-state index is -4.55. The van der Waals surface area contributed by atoms with E-state index in [4.69, 9.17) is 5.26 Å². The molecule has 31 heavy (non-hydrogen) atoms. The molecular formula is C22H14F3N4O2-. The molecule has 0 radical (unpaired) electrons. The first-order chi connectivity index (χ1) is 14.7. The van der Waals surface area contributed by atoms with Gasteiger partial charge in [-0.15, -0.1) is 0 Å². The van der Waals surface area contributed by atoms with Crippen LogP contribution in [0.1, 0.15) is 29.7 Å². The summed E-state index contributed by atoms with van der Waals surface area (Å²) in [6, 6.07) is 12.1. The van der Waals surface area contributed by atoms with Gasteiger partial charge in [0.15, 0.2) is 0 Å². The number of carbonyl (C=O) groups excluding carboxylic acids is 1. The Bertz CT molecular complexity index is 1240. The van der Waals surface area contributed by atoms with E-state index in [1.165, 1.54) is 30.2 Å². The second kappa shape index (κ2) is 7.32. The first kappa shape index (κ1) is 20.2. The zero-order valence-electron chi connectivity index (χ0n) is 16.1. The van der Waals surface area contributed by atoms with E-state index in [0.717, 1.165) is 12.1 Å². The SMILES string of the molecule is CC1=C(C(=O)[O-])C(c2ccc(C#N)cc2)n2ccnc2N1c1cccc(C(F)(F)F)c1. The molecule has 1 aliphatic heterocycles. The second-order valence-electron chi connectivity index (χ2n) is 6.94. The summed E-state index contributed by atoms with van der Waals surface area (Å²) < 4.78 is 41.3. The normalized spacial score (nSPS) is 16.1. The fraction of sp³-hybridized carbons (Fsp3) is 0.136. The lowest BCUT2D eigenvalue weighted by Gasteiger charge is -2.38. The van der Waals surface area contributed by atoms with Crippen LogP contribution in [0.5, 0.6) is 0 Å². The van der Waals surface area contributed by atoms with Gasteiger partial charge in [0, 0.05) is 29.4 Å². The molecule has 0 aliphatic carbocycles. The molecule has 0 bridgehead atoms. The van der Waals surface area contributed by atoms with Crippen molar-refractivity contribution in [3.05, 3.63) is 88.9 Å². The molecule has 1 atom stereocenters. The van der Waals surface area contributed by atoms with Crippen molar-refractivity contribution in [2.75, 3.05) is 4.90 Å². The van der Waals surface area contributed by atoms with E-state index < -0.39 is 23.8 Å². The maximum Gasteiger partial charge on any atom is 0.416 e. The van der Waals surface area contributed by atoms with Crippen LogP contribution in [0.2, 0.25) is 0 Å². The molecule has 2 heterocycles. The summed E-state index contributed by atoms with van der Waals surface area (Å²) in [5, 5.41) is 21.2. The van der Waals surface area contributed by atoms with Gasteiger partial charge in [-0.2, -0.15) is 18.4 Å². The summed E-state index contributed by atoms with van der Waals surface area (Å²) in [5.41, 5.74) is 0.309. The molecule has 1 aliphatic rings. The Hall–Kier alpha value is -4.06. The topological polar surface area (TPSA) is 85.0 Å². The van der Waals surface area contributed by atoms with Crippen LogP contribution in [0.3, 0.4) is 0 Å². The van der Waals surface area contributed by atoms with Crippen LogP contribution in [-0.2, 0) is 11.0 Å². The Morgan fingerprint density at radius 2 is 1.90 bits per heavy atom. The van der Waals surface area contributed by atoms with Crippen LogP contribution >= 0.6 is 0 Å². The van der Waals surface area contributed by atoms with Crippen LogP contribution in [0, 0.1) is 11.3 Å². The van der Waals surface area contributed by atoms with Crippen LogP contribution in [0.25, 0.3) is 0 Å². The van der Waals surface area contributed by atoms with Gasteiger partial charge < -0.3 is 14.5 Å². The number of hydrogen-bond donors (Lipinski definition) is 0. The number of imidazole rings is 1. The van der Waals surface area contributed by atoms with E-state index in [0.29, 0.717) is 11.1 Å². The van der Waals surface area contributed by atoms with Gasteiger partial charge >= 0.3 is 6.18 Å². The molecule has 4 rings (SSSR count). The minimum Gasteiger partial charge on any atom is -0.545 e. The number of allylic oxidation sites excluding steroid dienone is 1. The molecule has 0 N–H and O–H groups in total. The Labute approximate surface area is 175 Å². The molecule has 0 saturated carbocycles. The molecule has 1 aromatic heterocycles. The van der Waals surface area contributed by atoms with Gasteiger partial charge in [0.05, 0.1) is 29.2 Å².